The van der Waals surface area contributed by atoms with Gasteiger partial charge in [0.2, 0.25) is 0 Å². The lowest BCUT2D eigenvalue weighted by Crippen LogP contribution is -2.17. The number of nitrogens with zero attached hydrogens (tertiary/aromatic N) is 2. The highest BCUT2D eigenvalue weighted by Crippen LogP contribution is 2.14. The average molecular weight is 192 g/mol. The van der Waals surface area contributed by atoms with E-state index in [0.717, 1.165) is 18.5 Å². The van der Waals surface area contributed by atoms with E-state index >= 15 is 0 Å². The van der Waals surface area contributed by atoms with Crippen molar-refractivity contribution in [1.29, 1.82) is 5.26 Å². The first-order valence-corrected chi connectivity index (χ1v) is 4.70. The van der Waals surface area contributed by atoms with Gasteiger partial charge in [0.15, 0.2) is 6.19 Å². The van der Waals surface area contributed by atoms with Gasteiger partial charge >= 0.3 is 0 Å². The van der Waals surface area contributed by atoms with Gasteiger partial charge in [0.05, 0.1) is 5.69 Å². The van der Waals surface area contributed by atoms with Crippen molar-refractivity contribution in [1.82, 2.24) is 0 Å². The SMILES string of the molecule is CCCCN(C#N)c1ccc(F)cc1. The topological polar surface area (TPSA) is 27.0 Å². The number of nitriles is 1. The van der Waals surface area contributed by atoms with E-state index in [4.69, 9.17) is 5.26 Å². The Morgan fingerprint density at radius 2 is 2.00 bits per heavy atom. The molecule has 0 N–H and O–H groups in total. The van der Waals surface area contributed by atoms with Crippen LogP contribution in [0.25, 0.3) is 0 Å². The molecule has 0 atom stereocenters. The first kappa shape index (κ1) is 10.5. The molecule has 0 heterocycles. The minimum atomic E-state index is -0.276. The molecule has 0 saturated heterocycles. The molecule has 2 nitrogen and oxygen atoms in total. The molecule has 0 unspecified atom stereocenters. The lowest BCUT2D eigenvalue weighted by atomic mass is 10.2. The first-order chi connectivity index (χ1) is 6.77. The van der Waals surface area contributed by atoms with Gasteiger partial charge in [-0.1, -0.05) is 13.3 Å². The van der Waals surface area contributed by atoms with Crippen LogP contribution < -0.4 is 4.90 Å². The Morgan fingerprint density at radius 3 is 2.50 bits per heavy atom. The van der Waals surface area contributed by atoms with Gasteiger partial charge in [-0.2, -0.15) is 5.26 Å². The number of hydrogen-bond donors (Lipinski definition) is 0. The van der Waals surface area contributed by atoms with Crippen LogP contribution in [-0.2, 0) is 0 Å². The molecule has 0 spiro atoms. The third-order valence-corrected chi connectivity index (χ3v) is 1.99. The monoisotopic (exact) mass is 192 g/mol. The van der Waals surface area contributed by atoms with Crippen molar-refractivity contribution in [3.8, 4) is 6.19 Å². The first-order valence-electron chi connectivity index (χ1n) is 4.70. The van der Waals surface area contributed by atoms with E-state index in [1.54, 1.807) is 17.0 Å². The third kappa shape index (κ3) is 2.74. The summed E-state index contributed by atoms with van der Waals surface area (Å²) < 4.78 is 12.6. The van der Waals surface area contributed by atoms with Gasteiger partial charge in [-0.05, 0) is 30.7 Å². The number of rotatable bonds is 4. The number of halogens is 1. The number of unbranched alkanes of at least 4 members (excludes halogenated alkanes) is 1. The molecular formula is C11H13FN2. The summed E-state index contributed by atoms with van der Waals surface area (Å²) in [5.74, 6) is -0.276. The van der Waals surface area contributed by atoms with Crippen molar-refractivity contribution in [2.24, 2.45) is 0 Å². The maximum absolute atomic E-state index is 12.6. The van der Waals surface area contributed by atoms with Gasteiger partial charge in [-0.15, -0.1) is 0 Å². The van der Waals surface area contributed by atoms with Gasteiger partial charge < -0.3 is 0 Å². The standard InChI is InChI=1S/C11H13FN2/c1-2-3-8-14(9-13)11-6-4-10(12)5-7-11/h4-7H,2-3,8H2,1H3. The van der Waals surface area contributed by atoms with Crippen LogP contribution in [0, 0.1) is 17.3 Å². The second kappa shape index (κ2) is 5.23. The molecule has 0 aliphatic heterocycles. The van der Waals surface area contributed by atoms with Crippen molar-refractivity contribution in [2.45, 2.75) is 19.8 Å². The lowest BCUT2D eigenvalue weighted by molar-refractivity contribution is 0.627. The van der Waals surface area contributed by atoms with Crippen molar-refractivity contribution >= 4 is 5.69 Å². The third-order valence-electron chi connectivity index (χ3n) is 1.99. The number of hydrogen-bond acceptors (Lipinski definition) is 2. The van der Waals surface area contributed by atoms with E-state index in [0.29, 0.717) is 6.54 Å². The van der Waals surface area contributed by atoms with Crippen LogP contribution in [0.15, 0.2) is 24.3 Å². The Morgan fingerprint density at radius 1 is 1.36 bits per heavy atom. The Bertz CT molecular complexity index is 313. The summed E-state index contributed by atoms with van der Waals surface area (Å²) in [5, 5.41) is 8.86. The molecule has 1 rings (SSSR count). The van der Waals surface area contributed by atoms with Crippen molar-refractivity contribution in [3.05, 3.63) is 30.1 Å². The fourth-order valence-corrected chi connectivity index (χ4v) is 1.17. The summed E-state index contributed by atoms with van der Waals surface area (Å²) in [6, 6.07) is 5.97. The average Bonchev–Trinajstić information content (AvgIpc) is 2.21. The van der Waals surface area contributed by atoms with E-state index < -0.39 is 0 Å². The molecule has 1 aromatic carbocycles. The smallest absolute Gasteiger partial charge is 0.184 e. The van der Waals surface area contributed by atoms with Gasteiger partial charge in [-0.25, -0.2) is 4.39 Å². The Kier molecular flexibility index (Phi) is 3.93. The van der Waals surface area contributed by atoms with Crippen molar-refractivity contribution in [3.63, 3.8) is 0 Å². The van der Waals surface area contributed by atoms with Crippen molar-refractivity contribution < 1.29 is 4.39 Å². The van der Waals surface area contributed by atoms with E-state index in [-0.39, 0.29) is 5.82 Å². The van der Waals surface area contributed by atoms with Crippen LogP contribution in [0.2, 0.25) is 0 Å². The van der Waals surface area contributed by atoms with Crippen molar-refractivity contribution in [2.75, 3.05) is 11.4 Å². The van der Waals surface area contributed by atoms with Crippen LogP contribution >= 0.6 is 0 Å². The molecule has 0 saturated carbocycles. The molecule has 0 bridgehead atoms. The summed E-state index contributed by atoms with van der Waals surface area (Å²) in [5.41, 5.74) is 0.752. The predicted octanol–water partition coefficient (Wildman–Crippen LogP) is 2.91. The maximum Gasteiger partial charge on any atom is 0.184 e. The summed E-state index contributed by atoms with van der Waals surface area (Å²) in [6.07, 6.45) is 4.09. The number of benzene rings is 1. The largest absolute Gasteiger partial charge is 0.279 e. The van der Waals surface area contributed by atoms with Crippen LogP contribution in [0.3, 0.4) is 0 Å². The quantitative estimate of drug-likeness (QED) is 0.541. The zero-order valence-electron chi connectivity index (χ0n) is 8.20. The van der Waals surface area contributed by atoms with E-state index in [1.807, 2.05) is 0 Å². The minimum absolute atomic E-state index is 0.276. The van der Waals surface area contributed by atoms with E-state index in [2.05, 4.69) is 13.1 Å². The van der Waals surface area contributed by atoms with Crippen LogP contribution in [-0.4, -0.2) is 6.54 Å². The molecule has 0 aromatic heterocycles. The minimum Gasteiger partial charge on any atom is -0.279 e. The van der Waals surface area contributed by atoms with Gasteiger partial charge in [0.25, 0.3) is 0 Å². The predicted molar refractivity (Wildman–Crippen MR) is 54.3 cm³/mol. The Labute approximate surface area is 83.6 Å². The molecule has 1 aromatic rings. The molecule has 14 heavy (non-hydrogen) atoms. The molecule has 0 aliphatic carbocycles. The highest BCUT2D eigenvalue weighted by molar-refractivity contribution is 5.49. The van der Waals surface area contributed by atoms with Gasteiger partial charge in [0, 0.05) is 6.54 Å². The normalized spacial score (nSPS) is 9.50. The number of anilines is 1. The molecule has 0 fully saturated rings. The molecule has 0 aliphatic rings. The zero-order valence-corrected chi connectivity index (χ0v) is 8.20. The summed E-state index contributed by atoms with van der Waals surface area (Å²) >= 11 is 0. The van der Waals surface area contributed by atoms with Crippen LogP contribution in [0.1, 0.15) is 19.8 Å². The summed E-state index contributed by atoms with van der Waals surface area (Å²) in [6.45, 7) is 2.76. The molecule has 0 radical (unpaired) electrons. The lowest BCUT2D eigenvalue weighted by Gasteiger charge is -2.14. The van der Waals surface area contributed by atoms with E-state index in [1.165, 1.54) is 12.1 Å². The van der Waals surface area contributed by atoms with Gasteiger partial charge in [0.1, 0.15) is 5.82 Å². The van der Waals surface area contributed by atoms with Crippen LogP contribution in [0.4, 0.5) is 10.1 Å². The fourth-order valence-electron chi connectivity index (χ4n) is 1.17. The molecular weight excluding hydrogens is 179 g/mol. The van der Waals surface area contributed by atoms with Gasteiger partial charge in [-0.3, -0.25) is 4.90 Å². The molecule has 0 amide bonds. The summed E-state index contributed by atoms with van der Waals surface area (Å²) in [7, 11) is 0. The highest BCUT2D eigenvalue weighted by atomic mass is 19.1. The molecule has 74 valence electrons. The zero-order chi connectivity index (χ0) is 10.4. The van der Waals surface area contributed by atoms with E-state index in [9.17, 15) is 4.39 Å². The second-order valence-electron chi connectivity index (χ2n) is 3.08. The molecule has 3 heteroatoms. The van der Waals surface area contributed by atoms with Crippen LogP contribution in [0.5, 0.6) is 0 Å². The maximum atomic E-state index is 12.6. The highest BCUT2D eigenvalue weighted by Gasteiger charge is 2.03. The second-order valence-corrected chi connectivity index (χ2v) is 3.08. The Hall–Kier alpha value is -1.56. The summed E-state index contributed by atoms with van der Waals surface area (Å²) in [4.78, 5) is 1.57. The fraction of sp³-hybridized carbons (Fsp3) is 0.364. The Balaban J connectivity index is 2.70.